The van der Waals surface area contributed by atoms with Crippen LogP contribution in [-0.4, -0.2) is 56.7 Å². The van der Waals surface area contributed by atoms with Crippen molar-refractivity contribution in [3.05, 3.63) is 30.3 Å². The largest absolute Gasteiger partial charge is 0.492 e. The van der Waals surface area contributed by atoms with E-state index in [4.69, 9.17) is 4.74 Å². The predicted molar refractivity (Wildman–Crippen MR) is 98.8 cm³/mol. The summed E-state index contributed by atoms with van der Waals surface area (Å²) in [5.41, 5.74) is 0. The van der Waals surface area contributed by atoms with Gasteiger partial charge in [-0.15, -0.1) is 24.8 Å². The molecule has 0 N–H and O–H groups in total. The van der Waals surface area contributed by atoms with Gasteiger partial charge in [-0.25, -0.2) is 0 Å². The minimum atomic E-state index is 0. The summed E-state index contributed by atoms with van der Waals surface area (Å²) in [7, 11) is 4.33. The number of likely N-dealkylation sites (tertiary alicyclic amines) is 1. The first-order valence-corrected chi connectivity index (χ1v) is 7.79. The maximum atomic E-state index is 5.77. The molecule has 0 unspecified atom stereocenters. The average molecular weight is 349 g/mol. The zero-order chi connectivity index (χ0) is 14.2. The highest BCUT2D eigenvalue weighted by Crippen LogP contribution is 2.20. The highest BCUT2D eigenvalue weighted by molar-refractivity contribution is 5.85. The standard InChI is InChI=1S/C17H28N2O.2ClH/c1-18(2)11-8-16-9-12-19(13-10-16)14-15-20-17-6-4-3-5-7-17;;/h3-7,16H,8-15H2,1-2H3;2*1H. The minimum Gasteiger partial charge on any atom is -0.492 e. The van der Waals surface area contributed by atoms with E-state index in [0.29, 0.717) is 0 Å². The molecule has 1 fully saturated rings. The Kier molecular flexibility index (Phi) is 11.7. The first kappa shape index (κ1) is 21.5. The van der Waals surface area contributed by atoms with Crippen molar-refractivity contribution in [2.45, 2.75) is 19.3 Å². The summed E-state index contributed by atoms with van der Waals surface area (Å²) >= 11 is 0. The normalized spacial score (nSPS) is 16.0. The van der Waals surface area contributed by atoms with Crippen LogP contribution in [0.2, 0.25) is 0 Å². The minimum absolute atomic E-state index is 0. The monoisotopic (exact) mass is 348 g/mol. The molecular formula is C17H30Cl2N2O. The van der Waals surface area contributed by atoms with Gasteiger partial charge >= 0.3 is 0 Å². The number of hydrogen-bond acceptors (Lipinski definition) is 3. The number of benzene rings is 1. The number of rotatable bonds is 7. The number of piperidine rings is 1. The molecule has 1 heterocycles. The lowest BCUT2D eigenvalue weighted by atomic mass is 9.93. The summed E-state index contributed by atoms with van der Waals surface area (Å²) in [6, 6.07) is 10.1. The molecule has 5 heteroatoms. The van der Waals surface area contributed by atoms with E-state index in [0.717, 1.165) is 24.8 Å². The Morgan fingerprint density at radius 2 is 1.73 bits per heavy atom. The van der Waals surface area contributed by atoms with Gasteiger partial charge in [0, 0.05) is 6.54 Å². The van der Waals surface area contributed by atoms with Crippen molar-refractivity contribution >= 4 is 24.8 Å². The molecular weight excluding hydrogens is 319 g/mol. The molecule has 1 saturated heterocycles. The number of para-hydroxylation sites is 1. The first-order valence-electron chi connectivity index (χ1n) is 7.79. The second-order valence-corrected chi connectivity index (χ2v) is 6.04. The predicted octanol–water partition coefficient (Wildman–Crippen LogP) is 3.57. The third-order valence-corrected chi connectivity index (χ3v) is 4.11. The Hall–Kier alpha value is -0.480. The molecule has 0 saturated carbocycles. The summed E-state index contributed by atoms with van der Waals surface area (Å²) in [6.45, 7) is 5.54. The Balaban J connectivity index is 0.00000220. The van der Waals surface area contributed by atoms with Crippen molar-refractivity contribution in [3.8, 4) is 5.75 Å². The molecule has 1 aromatic rings. The van der Waals surface area contributed by atoms with Gasteiger partial charge in [-0.1, -0.05) is 18.2 Å². The second-order valence-electron chi connectivity index (χ2n) is 6.04. The summed E-state index contributed by atoms with van der Waals surface area (Å²) in [6.07, 6.45) is 4.04. The van der Waals surface area contributed by atoms with Crippen molar-refractivity contribution in [1.29, 1.82) is 0 Å². The van der Waals surface area contributed by atoms with Crippen molar-refractivity contribution in [2.24, 2.45) is 5.92 Å². The molecule has 0 radical (unpaired) electrons. The van der Waals surface area contributed by atoms with Crippen LogP contribution in [0.5, 0.6) is 5.75 Å². The maximum absolute atomic E-state index is 5.77. The Morgan fingerprint density at radius 1 is 1.09 bits per heavy atom. The maximum Gasteiger partial charge on any atom is 0.119 e. The molecule has 0 bridgehead atoms. The molecule has 0 aromatic heterocycles. The third kappa shape index (κ3) is 8.23. The van der Waals surface area contributed by atoms with Gasteiger partial charge in [-0.3, -0.25) is 4.90 Å². The van der Waals surface area contributed by atoms with E-state index in [2.05, 4.69) is 23.9 Å². The van der Waals surface area contributed by atoms with Gasteiger partial charge in [0.2, 0.25) is 0 Å². The van der Waals surface area contributed by atoms with Gasteiger partial charge in [-0.05, 0) is 71.0 Å². The van der Waals surface area contributed by atoms with E-state index in [1.165, 1.54) is 38.9 Å². The lowest BCUT2D eigenvalue weighted by Gasteiger charge is -2.32. The molecule has 0 aliphatic carbocycles. The highest BCUT2D eigenvalue weighted by atomic mass is 35.5. The lowest BCUT2D eigenvalue weighted by Crippen LogP contribution is -2.37. The molecule has 1 aliphatic heterocycles. The number of halogens is 2. The fraction of sp³-hybridized carbons (Fsp3) is 0.647. The van der Waals surface area contributed by atoms with Gasteiger partial charge in [0.15, 0.2) is 0 Å². The van der Waals surface area contributed by atoms with Crippen LogP contribution < -0.4 is 4.74 Å². The lowest BCUT2D eigenvalue weighted by molar-refractivity contribution is 0.147. The van der Waals surface area contributed by atoms with Gasteiger partial charge in [0.05, 0.1) is 0 Å². The van der Waals surface area contributed by atoms with Crippen LogP contribution in [0.15, 0.2) is 30.3 Å². The van der Waals surface area contributed by atoms with Gasteiger partial charge < -0.3 is 9.64 Å². The quantitative estimate of drug-likeness (QED) is 0.748. The van der Waals surface area contributed by atoms with Crippen LogP contribution >= 0.6 is 24.8 Å². The molecule has 2 rings (SSSR count). The molecule has 22 heavy (non-hydrogen) atoms. The molecule has 1 aliphatic rings. The van der Waals surface area contributed by atoms with Crippen molar-refractivity contribution in [2.75, 3.05) is 46.9 Å². The van der Waals surface area contributed by atoms with E-state index < -0.39 is 0 Å². The molecule has 0 amide bonds. The van der Waals surface area contributed by atoms with E-state index >= 15 is 0 Å². The number of nitrogens with zero attached hydrogens (tertiary/aromatic N) is 2. The molecule has 0 spiro atoms. The molecule has 0 atom stereocenters. The number of hydrogen-bond donors (Lipinski definition) is 0. The summed E-state index contributed by atoms with van der Waals surface area (Å²) in [5, 5.41) is 0. The Labute approximate surface area is 147 Å². The summed E-state index contributed by atoms with van der Waals surface area (Å²) in [5.74, 6) is 1.90. The van der Waals surface area contributed by atoms with E-state index in [1.54, 1.807) is 0 Å². The third-order valence-electron chi connectivity index (χ3n) is 4.11. The second kappa shape index (κ2) is 12.0. The van der Waals surface area contributed by atoms with Crippen LogP contribution in [0.3, 0.4) is 0 Å². The van der Waals surface area contributed by atoms with Gasteiger partial charge in [-0.2, -0.15) is 0 Å². The first-order chi connectivity index (χ1) is 9.74. The smallest absolute Gasteiger partial charge is 0.119 e. The van der Waals surface area contributed by atoms with Crippen LogP contribution in [0, 0.1) is 5.92 Å². The SMILES string of the molecule is CN(C)CCC1CCN(CCOc2ccccc2)CC1.Cl.Cl. The Morgan fingerprint density at radius 3 is 2.32 bits per heavy atom. The molecule has 3 nitrogen and oxygen atoms in total. The zero-order valence-electron chi connectivity index (χ0n) is 13.7. The van der Waals surface area contributed by atoms with Crippen LogP contribution in [0.1, 0.15) is 19.3 Å². The summed E-state index contributed by atoms with van der Waals surface area (Å²) in [4.78, 5) is 4.83. The van der Waals surface area contributed by atoms with E-state index in [9.17, 15) is 0 Å². The molecule has 1 aromatic carbocycles. The van der Waals surface area contributed by atoms with Crippen LogP contribution in [0.25, 0.3) is 0 Å². The van der Waals surface area contributed by atoms with Gasteiger partial charge in [0.1, 0.15) is 12.4 Å². The van der Waals surface area contributed by atoms with Crippen LogP contribution in [-0.2, 0) is 0 Å². The number of ether oxygens (including phenoxy) is 1. The molecule has 128 valence electrons. The Bertz CT molecular complexity index is 368. The van der Waals surface area contributed by atoms with Crippen LogP contribution in [0.4, 0.5) is 0 Å². The average Bonchev–Trinajstić information content (AvgIpc) is 2.47. The van der Waals surface area contributed by atoms with Crippen molar-refractivity contribution < 1.29 is 4.74 Å². The highest BCUT2D eigenvalue weighted by Gasteiger charge is 2.18. The zero-order valence-corrected chi connectivity index (χ0v) is 15.4. The summed E-state index contributed by atoms with van der Waals surface area (Å²) < 4.78 is 5.77. The van der Waals surface area contributed by atoms with Crippen molar-refractivity contribution in [3.63, 3.8) is 0 Å². The topological polar surface area (TPSA) is 15.7 Å². The van der Waals surface area contributed by atoms with E-state index in [-0.39, 0.29) is 24.8 Å². The van der Waals surface area contributed by atoms with E-state index in [1.807, 2.05) is 30.3 Å². The fourth-order valence-electron chi connectivity index (χ4n) is 2.75. The van der Waals surface area contributed by atoms with Gasteiger partial charge in [0.25, 0.3) is 0 Å². The van der Waals surface area contributed by atoms with Crippen molar-refractivity contribution in [1.82, 2.24) is 9.80 Å². The fourth-order valence-corrected chi connectivity index (χ4v) is 2.75.